The topological polar surface area (TPSA) is 61.1 Å². The molecule has 0 bridgehead atoms. The number of aromatic nitrogens is 3. The van der Waals surface area contributed by atoms with Crippen LogP contribution in [0.1, 0.15) is 44.3 Å². The fourth-order valence-corrected chi connectivity index (χ4v) is 3.24. The van der Waals surface area contributed by atoms with Crippen molar-refractivity contribution in [1.29, 1.82) is 0 Å². The fourth-order valence-electron chi connectivity index (χ4n) is 3.24. The molecule has 112 valence electrons. The lowest BCUT2D eigenvalue weighted by Gasteiger charge is -2.21. The lowest BCUT2D eigenvalue weighted by Crippen LogP contribution is -2.30. The van der Waals surface area contributed by atoms with Crippen molar-refractivity contribution >= 4 is 0 Å². The maximum Gasteiger partial charge on any atom is 0.346 e. The van der Waals surface area contributed by atoms with Crippen molar-refractivity contribution in [3.63, 3.8) is 0 Å². The van der Waals surface area contributed by atoms with Crippen LogP contribution in [0.2, 0.25) is 0 Å². The van der Waals surface area contributed by atoms with Crippen LogP contribution in [0.3, 0.4) is 0 Å². The minimum absolute atomic E-state index is 0.0246. The SMILES string of the molecule is CCn1c(C2CCNCC2)nn(C[C@H]2CCCO2)c1=O. The minimum Gasteiger partial charge on any atom is -0.376 e. The van der Waals surface area contributed by atoms with Gasteiger partial charge in [0.2, 0.25) is 0 Å². The molecule has 0 amide bonds. The monoisotopic (exact) mass is 280 g/mol. The summed E-state index contributed by atoms with van der Waals surface area (Å²) in [7, 11) is 0. The van der Waals surface area contributed by atoms with Gasteiger partial charge in [-0.2, -0.15) is 5.10 Å². The maximum absolute atomic E-state index is 12.4. The van der Waals surface area contributed by atoms with Gasteiger partial charge >= 0.3 is 5.69 Å². The summed E-state index contributed by atoms with van der Waals surface area (Å²) in [5.41, 5.74) is 0.0246. The van der Waals surface area contributed by atoms with Gasteiger partial charge in [0.1, 0.15) is 5.82 Å². The zero-order valence-corrected chi connectivity index (χ0v) is 12.2. The molecule has 0 radical (unpaired) electrons. The number of hydrogen-bond donors (Lipinski definition) is 1. The Balaban J connectivity index is 1.83. The van der Waals surface area contributed by atoms with Gasteiger partial charge in [0, 0.05) is 19.1 Å². The number of nitrogens with zero attached hydrogens (tertiary/aromatic N) is 3. The summed E-state index contributed by atoms with van der Waals surface area (Å²) < 4.78 is 9.08. The first kappa shape index (κ1) is 13.8. The van der Waals surface area contributed by atoms with E-state index >= 15 is 0 Å². The zero-order chi connectivity index (χ0) is 13.9. The van der Waals surface area contributed by atoms with E-state index in [9.17, 15) is 4.79 Å². The molecule has 0 aliphatic carbocycles. The molecule has 0 spiro atoms. The second-order valence-electron chi connectivity index (χ2n) is 5.73. The molecule has 6 nitrogen and oxygen atoms in total. The van der Waals surface area contributed by atoms with Crippen molar-refractivity contribution in [2.75, 3.05) is 19.7 Å². The lowest BCUT2D eigenvalue weighted by molar-refractivity contribution is 0.0928. The summed E-state index contributed by atoms with van der Waals surface area (Å²) in [4.78, 5) is 12.4. The Bertz CT molecular complexity index is 496. The van der Waals surface area contributed by atoms with Crippen molar-refractivity contribution in [2.24, 2.45) is 0 Å². The molecule has 2 aliphatic heterocycles. The van der Waals surface area contributed by atoms with E-state index < -0.39 is 0 Å². The van der Waals surface area contributed by atoms with E-state index in [0.29, 0.717) is 19.0 Å². The Morgan fingerprint density at radius 2 is 2.15 bits per heavy atom. The van der Waals surface area contributed by atoms with Gasteiger partial charge < -0.3 is 10.1 Å². The molecule has 2 aliphatic rings. The van der Waals surface area contributed by atoms with Crippen molar-refractivity contribution in [2.45, 2.75) is 57.7 Å². The molecule has 1 atom stereocenters. The predicted molar refractivity (Wildman–Crippen MR) is 76.0 cm³/mol. The highest BCUT2D eigenvalue weighted by atomic mass is 16.5. The van der Waals surface area contributed by atoms with Gasteiger partial charge in [-0.3, -0.25) is 4.57 Å². The van der Waals surface area contributed by atoms with Gasteiger partial charge in [-0.1, -0.05) is 0 Å². The van der Waals surface area contributed by atoms with Gasteiger partial charge in [-0.15, -0.1) is 0 Å². The number of rotatable bonds is 4. The third kappa shape index (κ3) is 2.67. The van der Waals surface area contributed by atoms with Crippen LogP contribution < -0.4 is 11.0 Å². The Morgan fingerprint density at radius 1 is 1.35 bits per heavy atom. The van der Waals surface area contributed by atoms with Gasteiger partial charge in [-0.25, -0.2) is 9.48 Å². The molecule has 6 heteroatoms. The van der Waals surface area contributed by atoms with Crippen molar-refractivity contribution < 1.29 is 4.74 Å². The number of piperidine rings is 1. The third-order valence-corrected chi connectivity index (χ3v) is 4.37. The summed E-state index contributed by atoms with van der Waals surface area (Å²) in [6.07, 6.45) is 4.42. The summed E-state index contributed by atoms with van der Waals surface area (Å²) in [5, 5.41) is 7.99. The quantitative estimate of drug-likeness (QED) is 0.882. The number of nitrogens with one attached hydrogen (secondary N) is 1. The molecule has 3 rings (SSSR count). The molecule has 0 unspecified atom stereocenters. The predicted octanol–water partition coefficient (Wildman–Crippen LogP) is 0.711. The van der Waals surface area contributed by atoms with Crippen LogP contribution in [0.15, 0.2) is 4.79 Å². The van der Waals surface area contributed by atoms with Crippen LogP contribution in [0.25, 0.3) is 0 Å². The first-order chi connectivity index (χ1) is 9.79. The fraction of sp³-hybridized carbons (Fsp3) is 0.857. The molecular weight excluding hydrogens is 256 g/mol. The molecule has 20 heavy (non-hydrogen) atoms. The number of hydrogen-bond acceptors (Lipinski definition) is 4. The van der Waals surface area contributed by atoms with Crippen LogP contribution in [-0.4, -0.2) is 40.1 Å². The zero-order valence-electron chi connectivity index (χ0n) is 12.2. The van der Waals surface area contributed by atoms with Gasteiger partial charge in [-0.05, 0) is 45.7 Å². The average Bonchev–Trinajstić information content (AvgIpc) is 3.09. The summed E-state index contributed by atoms with van der Waals surface area (Å²) in [5.74, 6) is 1.38. The standard InChI is InChI=1S/C14H24N4O2/c1-2-17-13(11-5-7-15-8-6-11)16-18(14(17)19)10-12-4-3-9-20-12/h11-12,15H,2-10H2,1H3/t12-/m1/s1. The second-order valence-corrected chi connectivity index (χ2v) is 5.73. The Labute approximate surface area is 119 Å². The summed E-state index contributed by atoms with van der Waals surface area (Å²) in [6.45, 7) is 6.16. The molecular formula is C14H24N4O2. The van der Waals surface area contributed by atoms with Crippen LogP contribution in [0.4, 0.5) is 0 Å². The Kier molecular flexibility index (Phi) is 4.21. The van der Waals surface area contributed by atoms with Gasteiger partial charge in [0.15, 0.2) is 0 Å². The van der Waals surface area contributed by atoms with E-state index in [1.807, 2.05) is 11.5 Å². The third-order valence-electron chi connectivity index (χ3n) is 4.37. The van der Waals surface area contributed by atoms with Crippen molar-refractivity contribution in [3.8, 4) is 0 Å². The normalized spacial score (nSPS) is 24.4. The van der Waals surface area contributed by atoms with Gasteiger partial charge in [0.05, 0.1) is 12.6 Å². The molecule has 3 heterocycles. The second kappa shape index (κ2) is 6.10. The maximum atomic E-state index is 12.4. The molecule has 0 aromatic carbocycles. The van der Waals surface area contributed by atoms with Crippen LogP contribution in [0.5, 0.6) is 0 Å². The van der Waals surface area contributed by atoms with E-state index in [4.69, 9.17) is 4.74 Å². The van der Waals surface area contributed by atoms with E-state index in [1.54, 1.807) is 4.68 Å². The molecule has 2 fully saturated rings. The highest BCUT2D eigenvalue weighted by Gasteiger charge is 2.25. The van der Waals surface area contributed by atoms with Crippen LogP contribution in [0, 0.1) is 0 Å². The van der Waals surface area contributed by atoms with Crippen LogP contribution in [-0.2, 0) is 17.8 Å². The van der Waals surface area contributed by atoms with Crippen molar-refractivity contribution in [3.05, 3.63) is 16.3 Å². The molecule has 1 N–H and O–H groups in total. The van der Waals surface area contributed by atoms with E-state index in [0.717, 1.165) is 51.2 Å². The first-order valence-electron chi connectivity index (χ1n) is 7.79. The first-order valence-corrected chi connectivity index (χ1v) is 7.79. The van der Waals surface area contributed by atoms with E-state index in [-0.39, 0.29) is 11.8 Å². The number of ether oxygens (including phenoxy) is 1. The van der Waals surface area contributed by atoms with Crippen molar-refractivity contribution in [1.82, 2.24) is 19.7 Å². The average molecular weight is 280 g/mol. The van der Waals surface area contributed by atoms with E-state index in [1.165, 1.54) is 0 Å². The van der Waals surface area contributed by atoms with Gasteiger partial charge in [0.25, 0.3) is 0 Å². The molecule has 2 saturated heterocycles. The van der Waals surface area contributed by atoms with E-state index in [2.05, 4.69) is 10.4 Å². The largest absolute Gasteiger partial charge is 0.376 e. The minimum atomic E-state index is 0.0246. The lowest BCUT2D eigenvalue weighted by atomic mass is 9.97. The highest BCUT2D eigenvalue weighted by molar-refractivity contribution is 5.00. The Hall–Kier alpha value is -1.14. The molecule has 0 saturated carbocycles. The smallest absolute Gasteiger partial charge is 0.346 e. The van der Waals surface area contributed by atoms with Crippen LogP contribution >= 0.6 is 0 Å². The summed E-state index contributed by atoms with van der Waals surface area (Å²) >= 11 is 0. The highest BCUT2D eigenvalue weighted by Crippen LogP contribution is 2.23. The molecule has 1 aromatic heterocycles. The summed E-state index contributed by atoms with van der Waals surface area (Å²) in [6, 6.07) is 0. The Morgan fingerprint density at radius 3 is 2.80 bits per heavy atom. The molecule has 1 aromatic rings.